The summed E-state index contributed by atoms with van der Waals surface area (Å²) in [6.07, 6.45) is 4.18. The normalized spacial score (nSPS) is 21.7. The third kappa shape index (κ3) is 5.08. The Morgan fingerprint density at radius 1 is 1.30 bits per heavy atom. The number of nitrogens with one attached hydrogen (secondary N) is 3. The Morgan fingerprint density at radius 3 is 2.90 bits per heavy atom. The van der Waals surface area contributed by atoms with E-state index < -0.39 is 0 Å². The average molecular weight is 413 g/mol. The van der Waals surface area contributed by atoms with Crippen molar-refractivity contribution in [1.29, 1.82) is 0 Å². The quantitative estimate of drug-likeness (QED) is 0.642. The van der Waals surface area contributed by atoms with Gasteiger partial charge in [-0.25, -0.2) is 9.78 Å². The Balaban J connectivity index is 1.26. The SMILES string of the molecule is COc1cccc(CC(=O)Nc2cc([C@H]3CC[C@@H](OC(=O)NC4(C)CC4)C3)[nH]n2)n1. The van der Waals surface area contributed by atoms with Crippen molar-refractivity contribution in [2.45, 2.75) is 63.0 Å². The highest BCUT2D eigenvalue weighted by atomic mass is 16.6. The van der Waals surface area contributed by atoms with Gasteiger partial charge < -0.3 is 20.1 Å². The Hall–Kier alpha value is -3.10. The van der Waals surface area contributed by atoms with Gasteiger partial charge in [-0.2, -0.15) is 5.10 Å². The van der Waals surface area contributed by atoms with Gasteiger partial charge >= 0.3 is 6.09 Å². The van der Waals surface area contributed by atoms with Gasteiger partial charge in [-0.3, -0.25) is 9.89 Å². The topological polar surface area (TPSA) is 118 Å². The van der Waals surface area contributed by atoms with Crippen LogP contribution >= 0.6 is 0 Å². The van der Waals surface area contributed by atoms with Crippen LogP contribution in [0.2, 0.25) is 0 Å². The van der Waals surface area contributed by atoms with E-state index in [9.17, 15) is 9.59 Å². The lowest BCUT2D eigenvalue weighted by Crippen LogP contribution is -2.36. The second kappa shape index (κ2) is 8.33. The van der Waals surface area contributed by atoms with Gasteiger partial charge in [-0.15, -0.1) is 0 Å². The molecule has 0 radical (unpaired) electrons. The molecular formula is C21H27N5O4. The monoisotopic (exact) mass is 413 g/mol. The highest BCUT2D eigenvalue weighted by Crippen LogP contribution is 2.37. The van der Waals surface area contributed by atoms with Gasteiger partial charge in [0.2, 0.25) is 11.8 Å². The van der Waals surface area contributed by atoms with Crippen LogP contribution in [0, 0.1) is 0 Å². The van der Waals surface area contributed by atoms with Crippen molar-refractivity contribution in [3.8, 4) is 5.88 Å². The summed E-state index contributed by atoms with van der Waals surface area (Å²) >= 11 is 0. The lowest BCUT2D eigenvalue weighted by atomic mass is 10.0. The molecule has 2 amide bonds. The third-order valence-corrected chi connectivity index (χ3v) is 5.70. The predicted octanol–water partition coefficient (Wildman–Crippen LogP) is 2.91. The van der Waals surface area contributed by atoms with Crippen LogP contribution in [0.4, 0.5) is 10.6 Å². The Morgan fingerprint density at radius 2 is 2.13 bits per heavy atom. The van der Waals surface area contributed by atoms with Crippen LogP contribution in [0.5, 0.6) is 5.88 Å². The number of hydrogen-bond donors (Lipinski definition) is 3. The van der Waals surface area contributed by atoms with E-state index in [0.29, 0.717) is 17.4 Å². The van der Waals surface area contributed by atoms with Crippen molar-refractivity contribution >= 4 is 17.8 Å². The largest absolute Gasteiger partial charge is 0.481 e. The number of aromatic nitrogens is 3. The molecule has 4 rings (SSSR count). The minimum absolute atomic E-state index is 0.0774. The molecule has 2 atom stereocenters. The van der Waals surface area contributed by atoms with E-state index in [2.05, 4.69) is 25.8 Å². The standard InChI is InChI=1S/C21H27N5O4/c1-21(8-9-21)24-20(28)30-15-7-6-13(10-15)16-12-17(26-25-16)23-18(27)11-14-4-3-5-19(22-14)29-2/h3-5,12-13,15H,6-11H2,1-2H3,(H,24,28)(H2,23,25,26,27)/t13-,15+/m0/s1. The Labute approximate surface area is 174 Å². The van der Waals surface area contributed by atoms with Crippen molar-refractivity contribution in [3.05, 3.63) is 35.7 Å². The van der Waals surface area contributed by atoms with E-state index >= 15 is 0 Å². The molecule has 2 aromatic rings. The molecule has 0 unspecified atom stereocenters. The zero-order valence-corrected chi connectivity index (χ0v) is 17.2. The highest BCUT2D eigenvalue weighted by Gasteiger charge is 2.40. The molecule has 9 nitrogen and oxygen atoms in total. The first kappa shape index (κ1) is 20.2. The first-order valence-electron chi connectivity index (χ1n) is 10.3. The zero-order chi connectivity index (χ0) is 21.1. The number of alkyl carbamates (subject to hydrolysis) is 1. The summed E-state index contributed by atoms with van der Waals surface area (Å²) in [4.78, 5) is 28.5. The van der Waals surface area contributed by atoms with Gasteiger partial charge in [0.05, 0.1) is 19.2 Å². The first-order valence-corrected chi connectivity index (χ1v) is 10.3. The molecule has 9 heteroatoms. The lowest BCUT2D eigenvalue weighted by Gasteiger charge is -2.16. The summed E-state index contributed by atoms with van der Waals surface area (Å²) in [5.41, 5.74) is 1.48. The van der Waals surface area contributed by atoms with Crippen LogP contribution in [0.15, 0.2) is 24.3 Å². The maximum atomic E-state index is 12.3. The van der Waals surface area contributed by atoms with Crippen molar-refractivity contribution in [1.82, 2.24) is 20.5 Å². The number of carbonyl (C=O) groups excluding carboxylic acids is 2. The number of anilines is 1. The number of ether oxygens (including phenoxy) is 2. The Kier molecular flexibility index (Phi) is 5.61. The predicted molar refractivity (Wildman–Crippen MR) is 109 cm³/mol. The summed E-state index contributed by atoms with van der Waals surface area (Å²) in [6, 6.07) is 7.15. The third-order valence-electron chi connectivity index (χ3n) is 5.70. The number of aromatic amines is 1. The van der Waals surface area contributed by atoms with E-state index in [1.807, 2.05) is 13.0 Å². The number of H-pyrrole nitrogens is 1. The second-order valence-electron chi connectivity index (χ2n) is 8.33. The molecule has 30 heavy (non-hydrogen) atoms. The van der Waals surface area contributed by atoms with Crippen LogP contribution < -0.4 is 15.4 Å². The lowest BCUT2D eigenvalue weighted by molar-refractivity contribution is -0.115. The molecule has 2 heterocycles. The molecule has 2 aromatic heterocycles. The summed E-state index contributed by atoms with van der Waals surface area (Å²) < 4.78 is 10.6. The van der Waals surface area contributed by atoms with Crippen molar-refractivity contribution in [2.24, 2.45) is 0 Å². The highest BCUT2D eigenvalue weighted by molar-refractivity contribution is 5.91. The maximum absolute atomic E-state index is 12.3. The fourth-order valence-electron chi connectivity index (χ4n) is 3.70. The number of rotatable bonds is 7. The van der Waals surface area contributed by atoms with Gasteiger partial charge in [0.25, 0.3) is 0 Å². The molecular weight excluding hydrogens is 386 g/mol. The van der Waals surface area contributed by atoms with E-state index in [4.69, 9.17) is 9.47 Å². The second-order valence-corrected chi connectivity index (χ2v) is 8.33. The molecule has 160 valence electrons. The minimum Gasteiger partial charge on any atom is -0.481 e. The van der Waals surface area contributed by atoms with Gasteiger partial charge in [-0.05, 0) is 45.1 Å². The molecule has 2 aliphatic rings. The smallest absolute Gasteiger partial charge is 0.407 e. The molecule has 3 N–H and O–H groups in total. The summed E-state index contributed by atoms with van der Waals surface area (Å²) in [7, 11) is 1.54. The average Bonchev–Trinajstić information content (AvgIpc) is 3.09. The molecule has 0 spiro atoms. The number of pyridine rings is 1. The summed E-state index contributed by atoms with van der Waals surface area (Å²) in [6.45, 7) is 2.02. The molecule has 0 saturated heterocycles. The molecule has 2 aliphatic carbocycles. The van der Waals surface area contributed by atoms with E-state index in [1.165, 1.54) is 7.11 Å². The first-order chi connectivity index (χ1) is 14.4. The number of amides is 2. The van der Waals surface area contributed by atoms with Crippen molar-refractivity contribution in [3.63, 3.8) is 0 Å². The van der Waals surface area contributed by atoms with Gasteiger partial charge in [0, 0.05) is 29.3 Å². The molecule has 0 aliphatic heterocycles. The van der Waals surface area contributed by atoms with Crippen LogP contribution in [0.1, 0.15) is 56.3 Å². The molecule has 2 fully saturated rings. The summed E-state index contributed by atoms with van der Waals surface area (Å²) in [5, 5.41) is 12.9. The fraction of sp³-hybridized carbons (Fsp3) is 0.524. The van der Waals surface area contributed by atoms with E-state index in [0.717, 1.165) is 37.8 Å². The van der Waals surface area contributed by atoms with E-state index in [-0.39, 0.29) is 36.0 Å². The van der Waals surface area contributed by atoms with Gasteiger partial charge in [0.1, 0.15) is 6.10 Å². The summed E-state index contributed by atoms with van der Waals surface area (Å²) in [5.74, 6) is 0.964. The zero-order valence-electron chi connectivity index (χ0n) is 17.2. The van der Waals surface area contributed by atoms with Crippen LogP contribution in [0.3, 0.4) is 0 Å². The van der Waals surface area contributed by atoms with Crippen LogP contribution in [-0.2, 0) is 16.0 Å². The van der Waals surface area contributed by atoms with Crippen molar-refractivity contribution < 1.29 is 19.1 Å². The van der Waals surface area contributed by atoms with Gasteiger partial charge in [-0.1, -0.05) is 6.07 Å². The number of methoxy groups -OCH3 is 1. The minimum atomic E-state index is -0.329. The Bertz CT molecular complexity index is 924. The van der Waals surface area contributed by atoms with Crippen molar-refractivity contribution in [2.75, 3.05) is 12.4 Å². The fourth-order valence-corrected chi connectivity index (χ4v) is 3.70. The van der Waals surface area contributed by atoms with Crippen LogP contribution in [0.25, 0.3) is 0 Å². The van der Waals surface area contributed by atoms with E-state index in [1.54, 1.807) is 18.2 Å². The number of hydrogen-bond acceptors (Lipinski definition) is 6. The number of nitrogens with zero attached hydrogens (tertiary/aromatic N) is 2. The maximum Gasteiger partial charge on any atom is 0.407 e. The molecule has 2 saturated carbocycles. The number of carbonyl (C=O) groups is 2. The molecule has 0 bridgehead atoms. The van der Waals surface area contributed by atoms with Crippen LogP contribution in [-0.4, -0.2) is 45.9 Å². The molecule has 0 aromatic carbocycles. The van der Waals surface area contributed by atoms with Gasteiger partial charge in [0.15, 0.2) is 5.82 Å².